The van der Waals surface area contributed by atoms with Crippen molar-refractivity contribution in [1.29, 1.82) is 0 Å². The average Bonchev–Trinajstić information content (AvgIpc) is 1.14. The fourth-order valence-corrected chi connectivity index (χ4v) is 1.01. The average molecular weight is 151 g/mol. The van der Waals surface area contributed by atoms with Crippen molar-refractivity contribution in [3.8, 4) is 0 Å². The van der Waals surface area contributed by atoms with E-state index in [1.54, 1.807) is 0 Å². The van der Waals surface area contributed by atoms with Crippen molar-refractivity contribution in [2.24, 2.45) is 0 Å². The van der Waals surface area contributed by atoms with E-state index in [-0.39, 0.29) is 40.6 Å². The van der Waals surface area contributed by atoms with Crippen LogP contribution in [0.15, 0.2) is 0 Å². The summed E-state index contributed by atoms with van der Waals surface area (Å²) in [6.45, 7) is 12.7. The quantitative estimate of drug-likeness (QED) is 0.431. The zero-order valence-corrected chi connectivity index (χ0v) is 10.4. The Labute approximate surface area is 87.3 Å². The number of hydrogen-bond donors (Lipinski definition) is 0. The summed E-state index contributed by atoms with van der Waals surface area (Å²) >= 11 is 0. The summed E-state index contributed by atoms with van der Waals surface area (Å²) < 4.78 is 0. The second-order valence-electron chi connectivity index (χ2n) is 4.45. The molecule has 0 fully saturated rings. The third-order valence-corrected chi connectivity index (χ3v) is 0.671. The van der Waals surface area contributed by atoms with Crippen LogP contribution in [-0.2, 0) is 0 Å². The van der Waals surface area contributed by atoms with E-state index in [4.69, 9.17) is 0 Å². The van der Waals surface area contributed by atoms with Gasteiger partial charge >= 0.3 is 29.6 Å². The van der Waals surface area contributed by atoms with Crippen LogP contribution >= 0.6 is 0 Å². The molecule has 0 aromatic carbocycles. The van der Waals surface area contributed by atoms with E-state index in [0.29, 0.717) is 0 Å². The predicted molar refractivity (Wildman–Crippen MR) is 42.9 cm³/mol. The van der Waals surface area contributed by atoms with Gasteiger partial charge in [-0.05, 0) is 0 Å². The van der Waals surface area contributed by atoms with Crippen molar-refractivity contribution in [3.05, 3.63) is 5.32 Å². The Morgan fingerprint density at radius 3 is 0.900 bits per heavy atom. The van der Waals surface area contributed by atoms with Crippen molar-refractivity contribution in [1.82, 2.24) is 0 Å². The fourth-order valence-electron chi connectivity index (χ4n) is 1.01. The number of nitrogens with zero attached hydrogens (tertiary/aromatic N) is 1. The van der Waals surface area contributed by atoms with Crippen LogP contribution < -0.4 is 29.6 Å². The molecule has 0 aromatic rings. The van der Waals surface area contributed by atoms with E-state index < -0.39 is 0 Å². The molecule has 0 heterocycles. The molecule has 0 N–H and O–H groups in total. The molecule has 0 amide bonds. The minimum absolute atomic E-state index is 0. The summed E-state index contributed by atoms with van der Waals surface area (Å²) in [5.74, 6) is 0. The van der Waals surface area contributed by atoms with Crippen LogP contribution in [0.4, 0.5) is 0 Å². The Balaban J connectivity index is 0. The van der Waals surface area contributed by atoms with Gasteiger partial charge in [0.05, 0.1) is 0 Å². The van der Waals surface area contributed by atoms with Crippen molar-refractivity contribution in [2.45, 2.75) is 52.6 Å². The van der Waals surface area contributed by atoms with Gasteiger partial charge in [-0.15, -0.1) is 11.1 Å². The second kappa shape index (κ2) is 4.10. The summed E-state index contributed by atoms with van der Waals surface area (Å²) in [4.78, 5) is 0. The first-order valence-corrected chi connectivity index (χ1v) is 3.45. The molecule has 0 atom stereocenters. The molecule has 0 spiro atoms. The van der Waals surface area contributed by atoms with E-state index >= 15 is 0 Å². The van der Waals surface area contributed by atoms with Crippen LogP contribution in [-0.4, -0.2) is 11.1 Å². The van der Waals surface area contributed by atoms with Crippen LogP contribution in [0, 0.1) is 0 Å². The van der Waals surface area contributed by atoms with Gasteiger partial charge in [0.15, 0.2) is 0 Å². The van der Waals surface area contributed by atoms with Gasteiger partial charge in [-0.1, -0.05) is 41.5 Å². The molecule has 2 heteroatoms. The minimum atomic E-state index is 0. The van der Waals surface area contributed by atoms with E-state index in [2.05, 4.69) is 46.9 Å². The Morgan fingerprint density at radius 1 is 0.700 bits per heavy atom. The van der Waals surface area contributed by atoms with Crippen molar-refractivity contribution in [2.75, 3.05) is 0 Å². The van der Waals surface area contributed by atoms with Crippen molar-refractivity contribution < 1.29 is 29.6 Å². The standard InChI is InChI=1S/C8H18N.Na/c1-7(2,3)9-8(4,5)6;/h1-6H3;/q-1;+1. The van der Waals surface area contributed by atoms with Gasteiger partial charge in [-0.2, -0.15) is 0 Å². The van der Waals surface area contributed by atoms with Crippen LogP contribution in [0.5, 0.6) is 0 Å². The summed E-state index contributed by atoms with van der Waals surface area (Å²) in [6.07, 6.45) is 0. The third-order valence-electron chi connectivity index (χ3n) is 0.671. The summed E-state index contributed by atoms with van der Waals surface area (Å²) in [7, 11) is 0. The summed E-state index contributed by atoms with van der Waals surface area (Å²) in [5.41, 5.74) is 0.219. The third kappa shape index (κ3) is 11.7. The van der Waals surface area contributed by atoms with Crippen molar-refractivity contribution >= 4 is 0 Å². The molecular formula is C8H18NNa. The normalized spacial score (nSPS) is 12.6. The fraction of sp³-hybridized carbons (Fsp3) is 1.00. The van der Waals surface area contributed by atoms with Gasteiger partial charge in [-0.3, -0.25) is 0 Å². The van der Waals surface area contributed by atoms with Gasteiger partial charge in [-0.25, -0.2) is 0 Å². The zero-order valence-electron chi connectivity index (χ0n) is 8.45. The molecule has 0 unspecified atom stereocenters. The van der Waals surface area contributed by atoms with Gasteiger partial charge < -0.3 is 5.32 Å². The Morgan fingerprint density at radius 2 is 0.900 bits per heavy atom. The van der Waals surface area contributed by atoms with Crippen LogP contribution in [0.25, 0.3) is 5.32 Å². The molecule has 0 aliphatic rings. The molecule has 0 bridgehead atoms. The molecule has 0 aliphatic heterocycles. The predicted octanol–water partition coefficient (Wildman–Crippen LogP) is -0.0389. The van der Waals surface area contributed by atoms with Gasteiger partial charge in [0, 0.05) is 0 Å². The molecule has 0 aromatic heterocycles. The summed E-state index contributed by atoms with van der Waals surface area (Å²) in [5, 5.41) is 4.54. The molecule has 10 heavy (non-hydrogen) atoms. The maximum atomic E-state index is 4.54. The molecule has 0 saturated carbocycles. The maximum absolute atomic E-state index is 4.54. The molecule has 1 nitrogen and oxygen atoms in total. The van der Waals surface area contributed by atoms with E-state index in [0.717, 1.165) is 0 Å². The number of hydrogen-bond acceptors (Lipinski definition) is 0. The van der Waals surface area contributed by atoms with Gasteiger partial charge in [0.1, 0.15) is 0 Å². The molecule has 0 aliphatic carbocycles. The molecular weight excluding hydrogens is 133 g/mol. The van der Waals surface area contributed by atoms with Crippen molar-refractivity contribution in [3.63, 3.8) is 0 Å². The first-order valence-electron chi connectivity index (χ1n) is 3.45. The largest absolute Gasteiger partial charge is 1.00 e. The monoisotopic (exact) mass is 151 g/mol. The van der Waals surface area contributed by atoms with Gasteiger partial charge in [0.25, 0.3) is 0 Å². The molecule has 0 saturated heterocycles. The zero-order chi connectivity index (χ0) is 7.71. The molecule has 56 valence electrons. The minimum Gasteiger partial charge on any atom is -0.653 e. The topological polar surface area (TPSA) is 14.1 Å². The van der Waals surface area contributed by atoms with Crippen LogP contribution in [0.2, 0.25) is 0 Å². The maximum Gasteiger partial charge on any atom is 1.00 e. The van der Waals surface area contributed by atoms with E-state index in [1.807, 2.05) is 0 Å². The summed E-state index contributed by atoms with van der Waals surface area (Å²) in [6, 6.07) is 0. The Hall–Kier alpha value is 0.960. The molecule has 0 rings (SSSR count). The van der Waals surface area contributed by atoms with Crippen LogP contribution in [0.1, 0.15) is 41.5 Å². The SMILES string of the molecule is CC(C)(C)[N-]C(C)(C)C.[Na+]. The first kappa shape index (κ1) is 13.5. The smallest absolute Gasteiger partial charge is 0.653 e. The van der Waals surface area contributed by atoms with Gasteiger partial charge in [0.2, 0.25) is 0 Å². The number of rotatable bonds is 0. The van der Waals surface area contributed by atoms with E-state index in [9.17, 15) is 0 Å². The van der Waals surface area contributed by atoms with Crippen LogP contribution in [0.3, 0.4) is 0 Å². The second-order valence-corrected chi connectivity index (χ2v) is 4.45. The Kier molecular flexibility index (Phi) is 5.56. The molecule has 0 radical (unpaired) electrons. The van der Waals surface area contributed by atoms with E-state index in [1.165, 1.54) is 0 Å². The Bertz CT molecular complexity index is 74.4. The first-order chi connectivity index (χ1) is 3.71.